The highest BCUT2D eigenvalue weighted by Gasteiger charge is 2.35. The highest BCUT2D eigenvalue weighted by molar-refractivity contribution is 6.31. The van der Waals surface area contributed by atoms with Crippen molar-refractivity contribution in [1.82, 2.24) is 9.88 Å². The molecule has 1 aliphatic heterocycles. The van der Waals surface area contributed by atoms with E-state index in [1.165, 1.54) is 5.56 Å². The number of para-hydroxylation sites is 2. The van der Waals surface area contributed by atoms with Crippen LogP contribution in [-0.2, 0) is 6.42 Å². The summed E-state index contributed by atoms with van der Waals surface area (Å²) in [5, 5.41) is 4.86. The number of carbonyl (C=O) groups is 1. The Morgan fingerprint density at radius 1 is 1.15 bits per heavy atom. The highest BCUT2D eigenvalue weighted by atomic mass is 35.5. The van der Waals surface area contributed by atoms with Crippen LogP contribution in [0.15, 0.2) is 66.7 Å². The SMILES string of the molecule is CCOc1ccccc1NC(=O)N1CCc2c([nH]c3ccc(Cl)cc23)[C@H]1c1ccc(OC)cc1. The van der Waals surface area contributed by atoms with Crippen LogP contribution in [0.2, 0.25) is 5.02 Å². The van der Waals surface area contributed by atoms with Crippen molar-refractivity contribution in [1.29, 1.82) is 0 Å². The maximum Gasteiger partial charge on any atom is 0.322 e. The number of fused-ring (bicyclic) bond motifs is 3. The second-order valence-electron chi connectivity index (χ2n) is 8.19. The van der Waals surface area contributed by atoms with Gasteiger partial charge in [0.2, 0.25) is 0 Å². The molecule has 5 rings (SSSR count). The Morgan fingerprint density at radius 2 is 1.94 bits per heavy atom. The zero-order chi connectivity index (χ0) is 23.7. The van der Waals surface area contributed by atoms with Gasteiger partial charge in [0.25, 0.3) is 0 Å². The molecule has 2 heterocycles. The van der Waals surface area contributed by atoms with E-state index in [0.717, 1.165) is 34.3 Å². The molecule has 3 aromatic carbocycles. The van der Waals surface area contributed by atoms with Gasteiger partial charge in [0.15, 0.2) is 0 Å². The molecular formula is C27H26ClN3O3. The van der Waals surface area contributed by atoms with Gasteiger partial charge in [0.05, 0.1) is 25.4 Å². The summed E-state index contributed by atoms with van der Waals surface area (Å²) < 4.78 is 11.1. The Balaban J connectivity index is 1.56. The second kappa shape index (κ2) is 9.31. The molecule has 0 radical (unpaired) electrons. The number of hydrogen-bond donors (Lipinski definition) is 2. The van der Waals surface area contributed by atoms with E-state index in [1.807, 2.05) is 78.6 Å². The number of urea groups is 1. The van der Waals surface area contributed by atoms with Crippen LogP contribution in [0.1, 0.15) is 29.8 Å². The number of amides is 2. The minimum atomic E-state index is -0.292. The lowest BCUT2D eigenvalue weighted by Crippen LogP contribution is -2.43. The lowest BCUT2D eigenvalue weighted by atomic mass is 9.92. The molecule has 2 N–H and O–H groups in total. The van der Waals surface area contributed by atoms with Crippen LogP contribution in [0.3, 0.4) is 0 Å². The van der Waals surface area contributed by atoms with Crippen molar-refractivity contribution in [2.75, 3.05) is 25.6 Å². The summed E-state index contributed by atoms with van der Waals surface area (Å²) in [6.07, 6.45) is 0.725. The first-order chi connectivity index (χ1) is 16.6. The standard InChI is InChI=1S/C27H26ClN3O3/c1-3-34-24-7-5-4-6-23(24)30-27(32)31-15-14-20-21-16-18(28)10-13-22(21)29-25(20)26(31)17-8-11-19(33-2)12-9-17/h4-13,16,26,29H,3,14-15H2,1-2H3,(H,30,32)/t26-/m1/s1. The van der Waals surface area contributed by atoms with Gasteiger partial charge in [-0.1, -0.05) is 35.9 Å². The minimum absolute atomic E-state index is 0.185. The average molecular weight is 476 g/mol. The lowest BCUT2D eigenvalue weighted by molar-refractivity contribution is 0.193. The van der Waals surface area contributed by atoms with Crippen molar-refractivity contribution in [3.05, 3.63) is 88.6 Å². The highest BCUT2D eigenvalue weighted by Crippen LogP contribution is 2.40. The number of halogens is 1. The predicted octanol–water partition coefficient (Wildman–Crippen LogP) is 6.41. The van der Waals surface area contributed by atoms with E-state index in [9.17, 15) is 4.79 Å². The quantitative estimate of drug-likeness (QED) is 0.350. The predicted molar refractivity (Wildman–Crippen MR) is 135 cm³/mol. The number of methoxy groups -OCH3 is 1. The van der Waals surface area contributed by atoms with Gasteiger partial charge < -0.3 is 24.7 Å². The van der Waals surface area contributed by atoms with Crippen molar-refractivity contribution in [2.24, 2.45) is 0 Å². The normalized spacial score (nSPS) is 15.1. The fourth-order valence-electron chi connectivity index (χ4n) is 4.65. The van der Waals surface area contributed by atoms with Crippen LogP contribution >= 0.6 is 11.6 Å². The Labute approximate surface area is 203 Å². The number of ether oxygens (including phenoxy) is 2. The number of aromatic amines is 1. The number of carbonyl (C=O) groups excluding carboxylic acids is 1. The Morgan fingerprint density at radius 3 is 2.71 bits per heavy atom. The van der Waals surface area contributed by atoms with Gasteiger partial charge in [0, 0.05) is 28.2 Å². The van der Waals surface area contributed by atoms with Crippen LogP contribution in [0.5, 0.6) is 11.5 Å². The molecule has 0 saturated heterocycles. The van der Waals surface area contributed by atoms with E-state index in [0.29, 0.717) is 29.6 Å². The third-order valence-corrected chi connectivity index (χ3v) is 6.45. The number of H-pyrrole nitrogens is 1. The molecule has 0 aliphatic carbocycles. The number of rotatable bonds is 5. The van der Waals surface area contributed by atoms with Gasteiger partial charge in [-0.05, 0) is 66.9 Å². The van der Waals surface area contributed by atoms with Crippen molar-refractivity contribution in [3.63, 3.8) is 0 Å². The molecule has 174 valence electrons. The summed E-state index contributed by atoms with van der Waals surface area (Å²) in [5.41, 5.74) is 4.85. The second-order valence-corrected chi connectivity index (χ2v) is 8.62. The molecular weight excluding hydrogens is 450 g/mol. The van der Waals surface area contributed by atoms with Crippen molar-refractivity contribution in [3.8, 4) is 11.5 Å². The summed E-state index contributed by atoms with van der Waals surface area (Å²) >= 11 is 6.30. The Hall–Kier alpha value is -3.64. The zero-order valence-electron chi connectivity index (χ0n) is 19.1. The molecule has 0 fully saturated rings. The summed E-state index contributed by atoms with van der Waals surface area (Å²) in [6.45, 7) is 3.00. The number of nitrogens with one attached hydrogen (secondary N) is 2. The fraction of sp³-hybridized carbons (Fsp3) is 0.222. The van der Waals surface area contributed by atoms with E-state index in [-0.39, 0.29) is 12.1 Å². The molecule has 0 bridgehead atoms. The monoisotopic (exact) mass is 475 g/mol. The largest absolute Gasteiger partial charge is 0.497 e. The molecule has 0 unspecified atom stereocenters. The van der Waals surface area contributed by atoms with Crippen molar-refractivity contribution in [2.45, 2.75) is 19.4 Å². The van der Waals surface area contributed by atoms with Crippen LogP contribution in [0.25, 0.3) is 10.9 Å². The fourth-order valence-corrected chi connectivity index (χ4v) is 4.82. The van der Waals surface area contributed by atoms with Gasteiger partial charge in [0.1, 0.15) is 11.5 Å². The topological polar surface area (TPSA) is 66.6 Å². The van der Waals surface area contributed by atoms with E-state index in [1.54, 1.807) is 7.11 Å². The van der Waals surface area contributed by atoms with Crippen LogP contribution < -0.4 is 14.8 Å². The molecule has 1 aliphatic rings. The third kappa shape index (κ3) is 4.05. The van der Waals surface area contributed by atoms with E-state index < -0.39 is 0 Å². The minimum Gasteiger partial charge on any atom is -0.497 e. The van der Waals surface area contributed by atoms with Crippen LogP contribution in [0, 0.1) is 0 Å². The maximum atomic E-state index is 13.6. The number of anilines is 1. The zero-order valence-corrected chi connectivity index (χ0v) is 19.9. The smallest absolute Gasteiger partial charge is 0.322 e. The number of benzene rings is 3. The van der Waals surface area contributed by atoms with E-state index >= 15 is 0 Å². The summed E-state index contributed by atoms with van der Waals surface area (Å²) in [7, 11) is 1.64. The molecule has 0 saturated carbocycles. The molecule has 7 heteroatoms. The number of aromatic nitrogens is 1. The van der Waals surface area contributed by atoms with E-state index in [2.05, 4.69) is 10.3 Å². The Bertz CT molecular complexity index is 1330. The molecule has 34 heavy (non-hydrogen) atoms. The summed E-state index contributed by atoms with van der Waals surface area (Å²) in [6, 6.07) is 20.7. The average Bonchev–Trinajstić information content (AvgIpc) is 3.22. The van der Waals surface area contributed by atoms with Gasteiger partial charge in [-0.3, -0.25) is 0 Å². The van der Waals surface area contributed by atoms with Crippen molar-refractivity contribution >= 4 is 34.2 Å². The molecule has 1 aromatic heterocycles. The lowest BCUT2D eigenvalue weighted by Gasteiger charge is -2.36. The van der Waals surface area contributed by atoms with Gasteiger partial charge in [-0.15, -0.1) is 0 Å². The Kier molecular flexibility index (Phi) is 6.07. The molecule has 4 aromatic rings. The van der Waals surface area contributed by atoms with Crippen LogP contribution in [-0.4, -0.2) is 36.2 Å². The maximum absolute atomic E-state index is 13.6. The molecule has 2 amide bonds. The number of nitrogens with zero attached hydrogens (tertiary/aromatic N) is 1. The molecule has 6 nitrogen and oxygen atoms in total. The van der Waals surface area contributed by atoms with E-state index in [4.69, 9.17) is 21.1 Å². The third-order valence-electron chi connectivity index (χ3n) is 6.21. The van der Waals surface area contributed by atoms with Gasteiger partial charge in [-0.25, -0.2) is 4.79 Å². The molecule has 0 spiro atoms. The first-order valence-electron chi connectivity index (χ1n) is 11.3. The van der Waals surface area contributed by atoms with Crippen molar-refractivity contribution < 1.29 is 14.3 Å². The first kappa shape index (κ1) is 22.2. The van der Waals surface area contributed by atoms with Gasteiger partial charge >= 0.3 is 6.03 Å². The summed E-state index contributed by atoms with van der Waals surface area (Å²) in [5.74, 6) is 1.42. The number of hydrogen-bond acceptors (Lipinski definition) is 3. The molecule has 1 atom stereocenters. The first-order valence-corrected chi connectivity index (χ1v) is 11.7. The summed E-state index contributed by atoms with van der Waals surface area (Å²) in [4.78, 5) is 19.0. The van der Waals surface area contributed by atoms with Crippen LogP contribution in [0.4, 0.5) is 10.5 Å². The van der Waals surface area contributed by atoms with Gasteiger partial charge in [-0.2, -0.15) is 0 Å².